The molecule has 0 spiro atoms. The average molecular weight is 296 g/mol. The largest absolute Gasteiger partial charge is 0.359 e. The van der Waals surface area contributed by atoms with E-state index in [1.807, 2.05) is 6.92 Å². The zero-order chi connectivity index (χ0) is 14.8. The molecule has 5 nitrogen and oxygen atoms in total. The fourth-order valence-electron chi connectivity index (χ4n) is 2.42. The predicted molar refractivity (Wildman–Crippen MR) is 76.7 cm³/mol. The van der Waals surface area contributed by atoms with Gasteiger partial charge in [-0.1, -0.05) is 17.7 Å². The Kier molecular flexibility index (Phi) is 4.45. The van der Waals surface area contributed by atoms with Gasteiger partial charge in [-0.05, 0) is 31.9 Å². The summed E-state index contributed by atoms with van der Waals surface area (Å²) in [6, 6.07) is 6.86. The summed E-state index contributed by atoms with van der Waals surface area (Å²) in [7, 11) is -1.82. The number of carbonyl (C=O) groups excluding carboxylic acids is 1. The van der Waals surface area contributed by atoms with Crippen LogP contribution in [0.25, 0.3) is 0 Å². The number of piperidine rings is 1. The summed E-state index contributed by atoms with van der Waals surface area (Å²) in [5.74, 6) is -0.0816. The molecule has 0 aliphatic carbocycles. The average Bonchev–Trinajstić information content (AvgIpc) is 2.47. The number of nitrogens with one attached hydrogen (secondary N) is 1. The van der Waals surface area contributed by atoms with Gasteiger partial charge in [0, 0.05) is 26.1 Å². The minimum atomic E-state index is -3.43. The van der Waals surface area contributed by atoms with Crippen molar-refractivity contribution in [3.8, 4) is 0 Å². The normalized spacial score (nSPS) is 17.9. The third-order valence-electron chi connectivity index (χ3n) is 3.73. The number of benzene rings is 1. The maximum Gasteiger partial charge on any atom is 0.243 e. The van der Waals surface area contributed by atoms with Crippen LogP contribution in [0, 0.1) is 12.8 Å². The molecule has 6 heteroatoms. The third-order valence-corrected chi connectivity index (χ3v) is 5.64. The Labute approximate surface area is 120 Å². The lowest BCUT2D eigenvalue weighted by molar-refractivity contribution is -0.125. The fourth-order valence-corrected chi connectivity index (χ4v) is 3.89. The van der Waals surface area contributed by atoms with Gasteiger partial charge in [0.05, 0.1) is 4.90 Å². The molecule has 0 saturated carbocycles. The van der Waals surface area contributed by atoms with Gasteiger partial charge < -0.3 is 5.32 Å². The summed E-state index contributed by atoms with van der Waals surface area (Å²) >= 11 is 0. The first-order valence-electron chi connectivity index (χ1n) is 6.73. The van der Waals surface area contributed by atoms with E-state index in [2.05, 4.69) is 5.32 Å². The van der Waals surface area contributed by atoms with Gasteiger partial charge in [-0.2, -0.15) is 4.31 Å². The molecule has 20 heavy (non-hydrogen) atoms. The predicted octanol–water partition coefficient (Wildman–Crippen LogP) is 1.14. The first-order chi connectivity index (χ1) is 9.45. The van der Waals surface area contributed by atoms with Crippen LogP contribution in [0.5, 0.6) is 0 Å². The third kappa shape index (κ3) is 3.02. The Morgan fingerprint density at radius 1 is 1.20 bits per heavy atom. The minimum Gasteiger partial charge on any atom is -0.359 e. The molecule has 1 N–H and O–H groups in total. The van der Waals surface area contributed by atoms with E-state index >= 15 is 0 Å². The molecule has 110 valence electrons. The number of amides is 1. The van der Waals surface area contributed by atoms with Crippen LogP contribution < -0.4 is 5.32 Å². The summed E-state index contributed by atoms with van der Waals surface area (Å²) in [5, 5.41) is 2.62. The van der Waals surface area contributed by atoms with Crippen molar-refractivity contribution in [3.05, 3.63) is 29.8 Å². The second-order valence-corrected chi connectivity index (χ2v) is 7.04. The van der Waals surface area contributed by atoms with Crippen LogP contribution in [0.2, 0.25) is 0 Å². The van der Waals surface area contributed by atoms with Crippen molar-refractivity contribution in [2.24, 2.45) is 5.92 Å². The van der Waals surface area contributed by atoms with Gasteiger partial charge in [0.15, 0.2) is 0 Å². The fraction of sp³-hybridized carbons (Fsp3) is 0.500. The minimum absolute atomic E-state index is 0.00242. The van der Waals surface area contributed by atoms with E-state index in [0.29, 0.717) is 30.8 Å². The lowest BCUT2D eigenvalue weighted by atomic mass is 9.97. The van der Waals surface area contributed by atoms with Gasteiger partial charge in [0.2, 0.25) is 15.9 Å². The van der Waals surface area contributed by atoms with Crippen molar-refractivity contribution in [1.82, 2.24) is 9.62 Å². The Morgan fingerprint density at radius 3 is 2.25 bits per heavy atom. The van der Waals surface area contributed by atoms with Crippen molar-refractivity contribution in [2.45, 2.75) is 24.7 Å². The van der Waals surface area contributed by atoms with Crippen molar-refractivity contribution < 1.29 is 13.2 Å². The summed E-state index contributed by atoms with van der Waals surface area (Å²) in [5.41, 5.74) is 1.03. The summed E-state index contributed by atoms with van der Waals surface area (Å²) in [4.78, 5) is 11.9. The van der Waals surface area contributed by atoms with Crippen LogP contribution in [0.1, 0.15) is 18.4 Å². The van der Waals surface area contributed by atoms with Crippen molar-refractivity contribution >= 4 is 15.9 Å². The number of aryl methyl sites for hydroxylation is 1. The number of sulfonamides is 1. The highest BCUT2D eigenvalue weighted by molar-refractivity contribution is 7.89. The number of hydrogen-bond acceptors (Lipinski definition) is 3. The molecule has 1 saturated heterocycles. The molecule has 1 fully saturated rings. The highest BCUT2D eigenvalue weighted by Gasteiger charge is 2.31. The maximum atomic E-state index is 12.5. The highest BCUT2D eigenvalue weighted by Crippen LogP contribution is 2.24. The monoisotopic (exact) mass is 296 g/mol. The molecule has 0 unspecified atom stereocenters. The molecule has 1 heterocycles. The number of nitrogens with zero attached hydrogens (tertiary/aromatic N) is 1. The van der Waals surface area contributed by atoms with E-state index in [1.165, 1.54) is 4.31 Å². The Morgan fingerprint density at radius 2 is 1.75 bits per heavy atom. The van der Waals surface area contributed by atoms with Crippen LogP contribution in [-0.2, 0) is 14.8 Å². The Hall–Kier alpha value is -1.40. The highest BCUT2D eigenvalue weighted by atomic mass is 32.2. The van der Waals surface area contributed by atoms with Crippen molar-refractivity contribution in [2.75, 3.05) is 20.1 Å². The standard InChI is InChI=1S/C14H20N2O3S/c1-11-3-5-13(6-4-11)20(18,19)16-9-7-12(8-10-16)14(17)15-2/h3-6,12H,7-10H2,1-2H3,(H,15,17). The van der Waals surface area contributed by atoms with Gasteiger partial charge in [-0.3, -0.25) is 4.79 Å². The molecule has 1 amide bonds. The zero-order valence-corrected chi connectivity index (χ0v) is 12.6. The lowest BCUT2D eigenvalue weighted by Crippen LogP contribution is -2.42. The molecule has 0 radical (unpaired) electrons. The number of rotatable bonds is 3. The van der Waals surface area contributed by atoms with Gasteiger partial charge >= 0.3 is 0 Å². The topological polar surface area (TPSA) is 66.5 Å². The molecule has 1 aromatic rings. The molecule has 0 aromatic heterocycles. The number of hydrogen-bond donors (Lipinski definition) is 1. The second kappa shape index (κ2) is 5.93. The smallest absolute Gasteiger partial charge is 0.243 e. The van der Waals surface area contributed by atoms with Crippen molar-refractivity contribution in [1.29, 1.82) is 0 Å². The molecule has 1 aliphatic heterocycles. The maximum absolute atomic E-state index is 12.5. The Balaban J connectivity index is 2.09. The zero-order valence-electron chi connectivity index (χ0n) is 11.8. The first-order valence-corrected chi connectivity index (χ1v) is 8.17. The SMILES string of the molecule is CNC(=O)C1CCN(S(=O)(=O)c2ccc(C)cc2)CC1. The second-order valence-electron chi connectivity index (χ2n) is 5.11. The molecular formula is C14H20N2O3S. The first kappa shape index (κ1) is 15.0. The van der Waals surface area contributed by atoms with Gasteiger partial charge in [0.1, 0.15) is 0 Å². The summed E-state index contributed by atoms with van der Waals surface area (Å²) < 4.78 is 26.4. The molecular weight excluding hydrogens is 276 g/mol. The van der Waals surface area contributed by atoms with Gasteiger partial charge in [-0.25, -0.2) is 8.42 Å². The van der Waals surface area contributed by atoms with E-state index in [0.717, 1.165) is 5.56 Å². The lowest BCUT2D eigenvalue weighted by Gasteiger charge is -2.30. The molecule has 1 aliphatic rings. The summed E-state index contributed by atoms with van der Waals surface area (Å²) in [6.07, 6.45) is 1.15. The van der Waals surface area contributed by atoms with Crippen molar-refractivity contribution in [3.63, 3.8) is 0 Å². The molecule has 2 rings (SSSR count). The van der Waals surface area contributed by atoms with Crippen LogP contribution in [0.3, 0.4) is 0 Å². The van der Waals surface area contributed by atoms with E-state index in [-0.39, 0.29) is 11.8 Å². The van der Waals surface area contributed by atoms with E-state index in [1.54, 1.807) is 31.3 Å². The molecule has 1 aromatic carbocycles. The Bertz CT molecular complexity index is 573. The van der Waals surface area contributed by atoms with Crippen LogP contribution >= 0.6 is 0 Å². The van der Waals surface area contributed by atoms with Gasteiger partial charge in [-0.15, -0.1) is 0 Å². The van der Waals surface area contributed by atoms with Crippen LogP contribution in [0.15, 0.2) is 29.2 Å². The van der Waals surface area contributed by atoms with Gasteiger partial charge in [0.25, 0.3) is 0 Å². The van der Waals surface area contributed by atoms with E-state index in [4.69, 9.17) is 0 Å². The molecule has 0 atom stereocenters. The quantitative estimate of drug-likeness (QED) is 0.909. The number of carbonyl (C=O) groups is 1. The van der Waals surface area contributed by atoms with Crippen LogP contribution in [0.4, 0.5) is 0 Å². The molecule has 0 bridgehead atoms. The van der Waals surface area contributed by atoms with E-state index < -0.39 is 10.0 Å². The van der Waals surface area contributed by atoms with Crippen LogP contribution in [-0.4, -0.2) is 38.8 Å². The van der Waals surface area contributed by atoms with E-state index in [9.17, 15) is 13.2 Å². The summed E-state index contributed by atoms with van der Waals surface area (Å²) in [6.45, 7) is 2.72.